The van der Waals surface area contributed by atoms with E-state index in [1.165, 1.54) is 24.1 Å². The zero-order chi connectivity index (χ0) is 25.9. The van der Waals surface area contributed by atoms with Gasteiger partial charge in [0, 0.05) is 60.4 Å². The zero-order valence-electron chi connectivity index (χ0n) is 21.5. The van der Waals surface area contributed by atoms with Crippen molar-refractivity contribution >= 4 is 5.91 Å². The molecule has 0 aromatic carbocycles. The number of pyridine rings is 2. The number of hydrogen-bond acceptors (Lipinski definition) is 4. The van der Waals surface area contributed by atoms with E-state index in [0.717, 1.165) is 78.1 Å². The molecular formula is C30H32N6O. The summed E-state index contributed by atoms with van der Waals surface area (Å²) in [6.45, 7) is 6.11. The third-order valence-corrected chi connectivity index (χ3v) is 7.52. The maximum absolute atomic E-state index is 11.6. The first-order chi connectivity index (χ1) is 18.0. The van der Waals surface area contributed by atoms with Crippen LogP contribution in [0, 0.1) is 25.2 Å². The molecule has 0 saturated carbocycles. The largest absolute Gasteiger partial charge is 0.366 e. The summed E-state index contributed by atoms with van der Waals surface area (Å²) in [7, 11) is 0. The number of carbonyl (C=O) groups is 1. The lowest BCUT2D eigenvalue weighted by molar-refractivity contribution is 0.0999. The Kier molecular flexibility index (Phi) is 6.91. The lowest BCUT2D eigenvalue weighted by atomic mass is 10.1. The van der Waals surface area contributed by atoms with Crippen LogP contribution < -0.4 is 5.73 Å². The van der Waals surface area contributed by atoms with Gasteiger partial charge in [0.15, 0.2) is 0 Å². The number of amides is 1. The molecule has 0 saturated heterocycles. The van der Waals surface area contributed by atoms with Crippen LogP contribution in [0.2, 0.25) is 0 Å². The molecule has 0 unspecified atom stereocenters. The Labute approximate surface area is 217 Å². The van der Waals surface area contributed by atoms with Gasteiger partial charge in [-0.1, -0.05) is 0 Å². The lowest BCUT2D eigenvalue weighted by Gasteiger charge is -2.19. The van der Waals surface area contributed by atoms with Gasteiger partial charge in [0.1, 0.15) is 6.07 Å². The van der Waals surface area contributed by atoms with E-state index >= 15 is 0 Å². The summed E-state index contributed by atoms with van der Waals surface area (Å²) in [6, 6.07) is 10.3. The standard InChI is InChI=1S/C15H17N3O.C15H15N3/c1-10-5-6-17-9-12(10)14-8-11(15(16)19)13-4-2-3-7-18(13)14;1-11-5-6-17-10-13(11)15-8-12(9-16)14-4-2-3-7-18(14)15/h5-6,8-9H,2-4,7H2,1H3,(H2,16,19);5-6,8,10H,2-4,7H2,1H3. The summed E-state index contributed by atoms with van der Waals surface area (Å²) in [6.07, 6.45) is 13.9. The highest BCUT2D eigenvalue weighted by Gasteiger charge is 2.22. The van der Waals surface area contributed by atoms with Crippen LogP contribution in [0.25, 0.3) is 22.5 Å². The molecular weight excluding hydrogens is 460 g/mol. The normalized spacial score (nSPS) is 14.1. The number of carbonyl (C=O) groups excluding carboxylic acids is 1. The van der Waals surface area contributed by atoms with Crippen LogP contribution in [0.5, 0.6) is 0 Å². The molecule has 37 heavy (non-hydrogen) atoms. The fourth-order valence-corrected chi connectivity index (χ4v) is 5.57. The first-order valence-electron chi connectivity index (χ1n) is 13.0. The molecule has 0 fully saturated rings. The molecule has 0 spiro atoms. The van der Waals surface area contributed by atoms with Gasteiger partial charge in [0.05, 0.1) is 22.5 Å². The Morgan fingerprint density at radius 3 is 1.95 bits per heavy atom. The number of fused-ring (bicyclic) bond motifs is 2. The van der Waals surface area contributed by atoms with E-state index in [-0.39, 0.29) is 5.91 Å². The molecule has 1 amide bonds. The van der Waals surface area contributed by atoms with E-state index in [4.69, 9.17) is 5.73 Å². The number of aryl methyl sites for hydroxylation is 2. The van der Waals surface area contributed by atoms with Crippen molar-refractivity contribution < 1.29 is 4.79 Å². The van der Waals surface area contributed by atoms with Gasteiger partial charge < -0.3 is 14.9 Å². The number of nitrogens with zero attached hydrogens (tertiary/aromatic N) is 5. The maximum atomic E-state index is 11.6. The molecule has 2 N–H and O–H groups in total. The van der Waals surface area contributed by atoms with E-state index in [1.54, 1.807) is 6.20 Å². The van der Waals surface area contributed by atoms with Crippen LogP contribution in [0.3, 0.4) is 0 Å². The highest BCUT2D eigenvalue weighted by molar-refractivity contribution is 5.96. The second-order valence-corrected chi connectivity index (χ2v) is 9.85. The van der Waals surface area contributed by atoms with Crippen LogP contribution in [0.4, 0.5) is 0 Å². The number of hydrogen-bond donors (Lipinski definition) is 1. The van der Waals surface area contributed by atoms with Gasteiger partial charge in [0.2, 0.25) is 0 Å². The minimum absolute atomic E-state index is 0.335. The molecule has 7 nitrogen and oxygen atoms in total. The van der Waals surface area contributed by atoms with Gasteiger partial charge in [0.25, 0.3) is 5.91 Å². The summed E-state index contributed by atoms with van der Waals surface area (Å²) in [5.41, 5.74) is 16.1. The van der Waals surface area contributed by atoms with Crippen molar-refractivity contribution in [3.63, 3.8) is 0 Å². The molecule has 7 heteroatoms. The number of rotatable bonds is 3. The van der Waals surface area contributed by atoms with Gasteiger partial charge in [-0.15, -0.1) is 0 Å². The molecule has 2 aliphatic heterocycles. The van der Waals surface area contributed by atoms with Gasteiger partial charge >= 0.3 is 0 Å². The summed E-state index contributed by atoms with van der Waals surface area (Å²) in [5.74, 6) is -0.335. The van der Waals surface area contributed by atoms with Gasteiger partial charge in [-0.05, 0) is 87.8 Å². The Bertz CT molecular complexity index is 1500. The quantitative estimate of drug-likeness (QED) is 0.416. The Balaban J connectivity index is 0.000000152. The fraction of sp³-hybridized carbons (Fsp3) is 0.333. The zero-order valence-corrected chi connectivity index (χ0v) is 21.5. The van der Waals surface area contributed by atoms with E-state index in [2.05, 4.69) is 39.0 Å². The van der Waals surface area contributed by atoms with Gasteiger partial charge in [-0.2, -0.15) is 5.26 Å². The summed E-state index contributed by atoms with van der Waals surface area (Å²) < 4.78 is 4.53. The predicted octanol–water partition coefficient (Wildman–Crippen LogP) is 5.36. The highest BCUT2D eigenvalue weighted by Crippen LogP contribution is 2.32. The topological polar surface area (TPSA) is 103 Å². The monoisotopic (exact) mass is 492 g/mol. The molecule has 6 heterocycles. The minimum Gasteiger partial charge on any atom is -0.366 e. The lowest BCUT2D eigenvalue weighted by Crippen LogP contribution is -2.17. The predicted molar refractivity (Wildman–Crippen MR) is 144 cm³/mol. The van der Waals surface area contributed by atoms with Crippen molar-refractivity contribution in [3.05, 3.63) is 82.7 Å². The van der Waals surface area contributed by atoms with E-state index in [1.807, 2.05) is 42.9 Å². The average Bonchev–Trinajstić information content (AvgIpc) is 3.49. The van der Waals surface area contributed by atoms with Crippen LogP contribution >= 0.6 is 0 Å². The van der Waals surface area contributed by atoms with E-state index in [9.17, 15) is 10.1 Å². The first kappa shape index (κ1) is 24.5. The van der Waals surface area contributed by atoms with Gasteiger partial charge in [-0.25, -0.2) is 0 Å². The van der Waals surface area contributed by atoms with Crippen molar-refractivity contribution in [2.75, 3.05) is 0 Å². The third-order valence-electron chi connectivity index (χ3n) is 7.52. The molecule has 0 atom stereocenters. The van der Waals surface area contributed by atoms with Crippen molar-refractivity contribution in [1.29, 1.82) is 5.26 Å². The van der Waals surface area contributed by atoms with Crippen molar-refractivity contribution in [3.8, 4) is 28.6 Å². The molecule has 4 aromatic heterocycles. The number of nitriles is 1. The molecule has 6 rings (SSSR count). The molecule has 0 radical (unpaired) electrons. The molecule has 0 bridgehead atoms. The van der Waals surface area contributed by atoms with Crippen molar-refractivity contribution in [1.82, 2.24) is 19.1 Å². The summed E-state index contributed by atoms with van der Waals surface area (Å²) in [5, 5.41) is 9.24. The summed E-state index contributed by atoms with van der Waals surface area (Å²) >= 11 is 0. The Morgan fingerprint density at radius 1 is 0.865 bits per heavy atom. The number of nitrogens with two attached hydrogens (primary N) is 1. The van der Waals surface area contributed by atoms with E-state index in [0.29, 0.717) is 5.56 Å². The summed E-state index contributed by atoms with van der Waals surface area (Å²) in [4.78, 5) is 20.0. The highest BCUT2D eigenvalue weighted by atomic mass is 16.1. The van der Waals surface area contributed by atoms with Crippen molar-refractivity contribution in [2.24, 2.45) is 5.73 Å². The van der Waals surface area contributed by atoms with Crippen LogP contribution in [0.1, 0.15) is 64.1 Å². The third kappa shape index (κ3) is 4.67. The van der Waals surface area contributed by atoms with E-state index < -0.39 is 0 Å². The second-order valence-electron chi connectivity index (χ2n) is 9.85. The fourth-order valence-electron chi connectivity index (χ4n) is 5.57. The number of primary amides is 1. The average molecular weight is 493 g/mol. The molecule has 188 valence electrons. The molecule has 2 aliphatic rings. The minimum atomic E-state index is -0.335. The molecule has 4 aromatic rings. The van der Waals surface area contributed by atoms with Crippen molar-refractivity contribution in [2.45, 2.75) is 65.5 Å². The second kappa shape index (κ2) is 10.4. The number of aromatic nitrogens is 4. The van der Waals surface area contributed by atoms with Crippen LogP contribution in [0.15, 0.2) is 49.1 Å². The first-order valence-corrected chi connectivity index (χ1v) is 13.0. The molecule has 0 aliphatic carbocycles. The Hall–Kier alpha value is -4.18. The van der Waals surface area contributed by atoms with Crippen LogP contribution in [-0.4, -0.2) is 25.0 Å². The Morgan fingerprint density at radius 2 is 1.41 bits per heavy atom. The smallest absolute Gasteiger partial charge is 0.250 e. The SMILES string of the molecule is Cc1ccncc1-c1cc(C#N)c2n1CCCC2.Cc1ccncc1-c1cc(C(N)=O)c2n1CCCC2. The van der Waals surface area contributed by atoms with Gasteiger partial charge in [-0.3, -0.25) is 14.8 Å². The maximum Gasteiger partial charge on any atom is 0.250 e. The van der Waals surface area contributed by atoms with Crippen LogP contribution in [-0.2, 0) is 25.9 Å².